The Morgan fingerprint density at radius 1 is 1.40 bits per heavy atom. The van der Waals surface area contributed by atoms with Crippen LogP contribution in [-0.2, 0) is 16.1 Å². The summed E-state index contributed by atoms with van der Waals surface area (Å²) >= 11 is 0. The first-order valence-electron chi connectivity index (χ1n) is 8.72. The standard InChI is InChI=1S/C19H22N2O4/c1-13-6-7-16(25-13)19(22)21-11-17(18-15(21)5-3-9-23-18)24-12-14-4-2-8-20-10-14/h2,4,6-8,10,15,17-18H,3,5,9,11-12H2,1H3/t15-,17+,18+/m0/s1. The van der Waals surface area contributed by atoms with Gasteiger partial charge in [0, 0.05) is 19.0 Å². The van der Waals surface area contributed by atoms with Gasteiger partial charge < -0.3 is 18.8 Å². The summed E-state index contributed by atoms with van der Waals surface area (Å²) in [6.45, 7) is 3.55. The second-order valence-corrected chi connectivity index (χ2v) is 6.62. The largest absolute Gasteiger partial charge is 0.456 e. The van der Waals surface area contributed by atoms with E-state index in [4.69, 9.17) is 13.9 Å². The lowest BCUT2D eigenvalue weighted by Crippen LogP contribution is -2.43. The highest BCUT2D eigenvalue weighted by atomic mass is 16.5. The summed E-state index contributed by atoms with van der Waals surface area (Å²) in [7, 11) is 0. The van der Waals surface area contributed by atoms with E-state index in [0.717, 1.165) is 30.8 Å². The minimum atomic E-state index is -0.134. The predicted octanol–water partition coefficient (Wildman–Crippen LogP) is 2.57. The van der Waals surface area contributed by atoms with Gasteiger partial charge in [-0.1, -0.05) is 6.07 Å². The Hall–Kier alpha value is -2.18. The summed E-state index contributed by atoms with van der Waals surface area (Å²) in [5.74, 6) is 1.04. The van der Waals surface area contributed by atoms with E-state index in [2.05, 4.69) is 4.98 Å². The first-order chi connectivity index (χ1) is 12.2. The number of furan rings is 1. The molecule has 3 atom stereocenters. The molecular formula is C19H22N2O4. The number of likely N-dealkylation sites (tertiary alicyclic amines) is 1. The maximum atomic E-state index is 12.8. The fourth-order valence-electron chi connectivity index (χ4n) is 3.67. The summed E-state index contributed by atoms with van der Waals surface area (Å²) in [5.41, 5.74) is 1.02. The molecule has 0 aliphatic carbocycles. The number of carbonyl (C=O) groups excluding carboxylic acids is 1. The molecule has 4 heterocycles. The third kappa shape index (κ3) is 3.32. The van der Waals surface area contributed by atoms with Gasteiger partial charge in [0.1, 0.15) is 18.0 Å². The molecule has 1 amide bonds. The highest BCUT2D eigenvalue weighted by Gasteiger charge is 2.47. The topological polar surface area (TPSA) is 64.8 Å². The average molecular weight is 342 g/mol. The summed E-state index contributed by atoms with van der Waals surface area (Å²) in [6.07, 6.45) is 5.21. The number of hydrogen-bond donors (Lipinski definition) is 0. The van der Waals surface area contributed by atoms with E-state index < -0.39 is 0 Å². The van der Waals surface area contributed by atoms with Gasteiger partial charge in [-0.3, -0.25) is 9.78 Å². The summed E-state index contributed by atoms with van der Waals surface area (Å²) < 4.78 is 17.6. The monoisotopic (exact) mass is 342 g/mol. The molecule has 2 saturated heterocycles. The van der Waals surface area contributed by atoms with Crippen molar-refractivity contribution in [1.29, 1.82) is 0 Å². The molecular weight excluding hydrogens is 320 g/mol. The second-order valence-electron chi connectivity index (χ2n) is 6.62. The number of ether oxygens (including phenoxy) is 2. The van der Waals surface area contributed by atoms with Crippen LogP contribution in [0.25, 0.3) is 0 Å². The molecule has 0 spiro atoms. The van der Waals surface area contributed by atoms with E-state index in [1.807, 2.05) is 30.0 Å². The smallest absolute Gasteiger partial charge is 0.289 e. The van der Waals surface area contributed by atoms with Gasteiger partial charge >= 0.3 is 0 Å². The Balaban J connectivity index is 1.48. The van der Waals surface area contributed by atoms with Crippen molar-refractivity contribution >= 4 is 5.91 Å². The lowest BCUT2D eigenvalue weighted by atomic mass is 10.0. The summed E-state index contributed by atoms with van der Waals surface area (Å²) in [4.78, 5) is 18.8. The summed E-state index contributed by atoms with van der Waals surface area (Å²) in [6, 6.07) is 7.47. The molecule has 4 rings (SSSR count). The van der Waals surface area contributed by atoms with Gasteiger partial charge in [0.15, 0.2) is 5.76 Å². The lowest BCUT2D eigenvalue weighted by Gasteiger charge is -2.31. The molecule has 2 fully saturated rings. The van der Waals surface area contributed by atoms with Crippen LogP contribution in [0.5, 0.6) is 0 Å². The van der Waals surface area contributed by atoms with Crippen LogP contribution in [0.2, 0.25) is 0 Å². The van der Waals surface area contributed by atoms with E-state index in [1.54, 1.807) is 18.5 Å². The number of pyridine rings is 1. The Labute approximate surface area is 146 Å². The minimum Gasteiger partial charge on any atom is -0.456 e. The van der Waals surface area contributed by atoms with Gasteiger partial charge in [0.25, 0.3) is 5.91 Å². The number of aryl methyl sites for hydroxylation is 1. The summed E-state index contributed by atoms with van der Waals surface area (Å²) in [5, 5.41) is 0. The molecule has 0 aromatic carbocycles. The molecule has 0 bridgehead atoms. The molecule has 0 N–H and O–H groups in total. The van der Waals surface area contributed by atoms with Crippen molar-refractivity contribution in [3.05, 3.63) is 53.7 Å². The van der Waals surface area contributed by atoms with Crippen LogP contribution in [0.4, 0.5) is 0 Å². The number of aromatic nitrogens is 1. The van der Waals surface area contributed by atoms with Crippen LogP contribution in [0, 0.1) is 6.92 Å². The minimum absolute atomic E-state index is 0.0468. The number of nitrogens with zero attached hydrogens (tertiary/aromatic N) is 2. The Bertz CT molecular complexity index is 730. The van der Waals surface area contributed by atoms with Crippen molar-refractivity contribution in [3.8, 4) is 0 Å². The van der Waals surface area contributed by atoms with Crippen molar-refractivity contribution in [3.63, 3.8) is 0 Å². The van der Waals surface area contributed by atoms with Gasteiger partial charge in [0.2, 0.25) is 0 Å². The molecule has 2 aliphatic heterocycles. The van der Waals surface area contributed by atoms with Gasteiger partial charge in [-0.15, -0.1) is 0 Å². The third-order valence-electron chi connectivity index (χ3n) is 4.88. The Morgan fingerprint density at radius 2 is 2.32 bits per heavy atom. The highest BCUT2D eigenvalue weighted by molar-refractivity contribution is 5.92. The molecule has 2 aromatic rings. The number of hydrogen-bond acceptors (Lipinski definition) is 5. The van der Waals surface area contributed by atoms with Gasteiger partial charge in [-0.05, 0) is 43.5 Å². The van der Waals surface area contributed by atoms with Crippen molar-refractivity contribution < 1.29 is 18.7 Å². The fourth-order valence-corrected chi connectivity index (χ4v) is 3.67. The number of rotatable bonds is 4. The van der Waals surface area contributed by atoms with Crippen molar-refractivity contribution in [2.24, 2.45) is 0 Å². The molecule has 0 unspecified atom stereocenters. The van der Waals surface area contributed by atoms with Crippen LogP contribution < -0.4 is 0 Å². The first-order valence-corrected chi connectivity index (χ1v) is 8.72. The van der Waals surface area contributed by atoms with Crippen LogP contribution >= 0.6 is 0 Å². The second kappa shape index (κ2) is 6.98. The fraction of sp³-hybridized carbons (Fsp3) is 0.474. The maximum absolute atomic E-state index is 12.8. The molecule has 6 nitrogen and oxygen atoms in total. The van der Waals surface area contributed by atoms with Crippen LogP contribution in [-0.4, -0.2) is 47.2 Å². The quantitative estimate of drug-likeness (QED) is 0.854. The lowest BCUT2D eigenvalue weighted by molar-refractivity contribution is -0.0810. The highest BCUT2D eigenvalue weighted by Crippen LogP contribution is 2.32. The van der Waals surface area contributed by atoms with Gasteiger partial charge in [-0.2, -0.15) is 0 Å². The molecule has 6 heteroatoms. The first kappa shape index (κ1) is 16.3. The third-order valence-corrected chi connectivity index (χ3v) is 4.88. The zero-order valence-corrected chi connectivity index (χ0v) is 14.3. The molecule has 2 aromatic heterocycles. The van der Waals surface area contributed by atoms with E-state index >= 15 is 0 Å². The van der Waals surface area contributed by atoms with Crippen LogP contribution in [0.15, 0.2) is 41.1 Å². The number of amides is 1. The van der Waals surface area contributed by atoms with E-state index in [9.17, 15) is 4.79 Å². The molecule has 2 aliphatic rings. The van der Waals surface area contributed by atoms with Crippen LogP contribution in [0.3, 0.4) is 0 Å². The molecule has 25 heavy (non-hydrogen) atoms. The average Bonchev–Trinajstić information content (AvgIpc) is 3.24. The van der Waals surface area contributed by atoms with E-state index in [0.29, 0.717) is 18.9 Å². The van der Waals surface area contributed by atoms with Crippen molar-refractivity contribution in [2.75, 3.05) is 13.2 Å². The zero-order chi connectivity index (χ0) is 17.2. The van der Waals surface area contributed by atoms with Gasteiger partial charge in [0.05, 0.1) is 19.2 Å². The Kier molecular flexibility index (Phi) is 4.55. The van der Waals surface area contributed by atoms with Crippen molar-refractivity contribution in [2.45, 2.75) is 44.6 Å². The van der Waals surface area contributed by atoms with E-state index in [-0.39, 0.29) is 24.2 Å². The van der Waals surface area contributed by atoms with Crippen LogP contribution in [0.1, 0.15) is 34.7 Å². The normalized spacial score (nSPS) is 25.8. The number of fused-ring (bicyclic) bond motifs is 1. The van der Waals surface area contributed by atoms with E-state index in [1.165, 1.54) is 0 Å². The maximum Gasteiger partial charge on any atom is 0.289 e. The molecule has 0 saturated carbocycles. The Morgan fingerprint density at radius 3 is 3.08 bits per heavy atom. The van der Waals surface area contributed by atoms with Gasteiger partial charge in [-0.25, -0.2) is 0 Å². The predicted molar refractivity (Wildman–Crippen MR) is 90.1 cm³/mol. The zero-order valence-electron chi connectivity index (χ0n) is 14.3. The van der Waals surface area contributed by atoms with Crippen molar-refractivity contribution in [1.82, 2.24) is 9.88 Å². The SMILES string of the molecule is Cc1ccc(C(=O)N2C[C@@H](OCc3cccnc3)[C@@H]3OCCC[C@@H]32)o1. The number of carbonyl (C=O) groups is 1. The molecule has 132 valence electrons. The molecule has 0 radical (unpaired) electrons.